The van der Waals surface area contributed by atoms with Crippen LogP contribution in [0.4, 0.5) is 5.82 Å². The maximum absolute atomic E-state index is 13.4. The minimum absolute atomic E-state index is 0.224. The number of nitriles is 1. The summed E-state index contributed by atoms with van der Waals surface area (Å²) in [6, 6.07) is 10.7. The van der Waals surface area contributed by atoms with Crippen LogP contribution in [0.2, 0.25) is 0 Å². The smallest absolute Gasteiger partial charge is 0.272 e. The Kier molecular flexibility index (Phi) is 6.19. The number of amides is 2. The Bertz CT molecular complexity index is 1350. The van der Waals surface area contributed by atoms with Gasteiger partial charge in [0.15, 0.2) is 10.4 Å². The molecule has 1 aliphatic carbocycles. The van der Waals surface area contributed by atoms with E-state index in [1.807, 2.05) is 0 Å². The van der Waals surface area contributed by atoms with Gasteiger partial charge < -0.3 is 19.3 Å². The molecule has 2 N–H and O–H groups in total. The summed E-state index contributed by atoms with van der Waals surface area (Å²) in [6.45, 7) is 2.79. The van der Waals surface area contributed by atoms with Crippen molar-refractivity contribution in [1.29, 1.82) is 5.26 Å². The lowest BCUT2D eigenvalue weighted by molar-refractivity contribution is 0.0724. The van der Waals surface area contributed by atoms with Crippen molar-refractivity contribution in [3.8, 4) is 6.07 Å². The Morgan fingerprint density at radius 3 is 2.72 bits per heavy atom. The predicted octanol–water partition coefficient (Wildman–Crippen LogP) is 1.82. The molecule has 0 bridgehead atoms. The maximum Gasteiger partial charge on any atom is 0.272 e. The Balaban J connectivity index is 1.25. The van der Waals surface area contributed by atoms with E-state index in [-0.39, 0.29) is 24.1 Å². The second kappa shape index (κ2) is 9.33. The average Bonchev–Trinajstić information content (AvgIpc) is 3.43. The molecule has 0 radical (unpaired) electrons. The molecule has 12 heteroatoms. The van der Waals surface area contributed by atoms with Crippen molar-refractivity contribution in [1.82, 2.24) is 25.2 Å². The van der Waals surface area contributed by atoms with Crippen LogP contribution in [-0.4, -0.2) is 54.0 Å². The van der Waals surface area contributed by atoms with Gasteiger partial charge in [-0.2, -0.15) is 15.1 Å². The molecule has 1 saturated carbocycles. The van der Waals surface area contributed by atoms with Gasteiger partial charge in [0.1, 0.15) is 11.5 Å². The molecule has 0 spiro atoms. The molecular formula is C24H25N7O4S. The molecule has 1 fully saturated rings. The minimum atomic E-state index is -1.43. The number of rotatable bonds is 8. The van der Waals surface area contributed by atoms with Gasteiger partial charge in [0, 0.05) is 44.6 Å². The molecule has 1 atom stereocenters. The van der Waals surface area contributed by atoms with Crippen molar-refractivity contribution in [2.45, 2.75) is 37.5 Å². The zero-order chi connectivity index (χ0) is 25.4. The first-order valence-corrected chi connectivity index (χ1v) is 12.7. The number of hydrogen-bond acceptors (Lipinski definition) is 8. The summed E-state index contributed by atoms with van der Waals surface area (Å²) in [6.07, 6.45) is 1.94. The van der Waals surface area contributed by atoms with Crippen molar-refractivity contribution in [3.63, 3.8) is 0 Å². The SMILES string of the molecule is Cc1cc(N[S+]([O-])C2(CN3CCc4c(C(=O)NCc5ccc(C#N)cc5)nn(C)c4C3=O)CC2)no1. The molecule has 5 rings (SSSR count). The fraction of sp³-hybridized carbons (Fsp3) is 0.375. The van der Waals surface area contributed by atoms with Gasteiger partial charge in [0.05, 0.1) is 29.5 Å². The van der Waals surface area contributed by atoms with Gasteiger partial charge >= 0.3 is 0 Å². The molecule has 3 heterocycles. The second-order valence-electron chi connectivity index (χ2n) is 9.14. The van der Waals surface area contributed by atoms with Gasteiger partial charge in [0.2, 0.25) is 5.82 Å². The van der Waals surface area contributed by atoms with Gasteiger partial charge in [0.25, 0.3) is 11.8 Å². The van der Waals surface area contributed by atoms with Gasteiger partial charge in [-0.25, -0.2) is 0 Å². The lowest BCUT2D eigenvalue weighted by Crippen LogP contribution is -2.47. The Morgan fingerprint density at radius 2 is 2.08 bits per heavy atom. The fourth-order valence-corrected chi connectivity index (χ4v) is 5.62. The number of nitrogens with one attached hydrogen (secondary N) is 2. The second-order valence-corrected chi connectivity index (χ2v) is 10.8. The number of aryl methyl sites for hydroxylation is 2. The Labute approximate surface area is 210 Å². The van der Waals surface area contributed by atoms with Crippen molar-refractivity contribution >= 4 is 29.0 Å². The number of aromatic nitrogens is 3. The van der Waals surface area contributed by atoms with E-state index < -0.39 is 16.1 Å². The van der Waals surface area contributed by atoms with Crippen LogP contribution in [-0.2, 0) is 31.4 Å². The first kappa shape index (κ1) is 23.9. The number of hydrogen-bond donors (Lipinski definition) is 2. The Morgan fingerprint density at radius 1 is 1.33 bits per heavy atom. The summed E-state index contributed by atoms with van der Waals surface area (Å²) < 4.78 is 21.8. The summed E-state index contributed by atoms with van der Waals surface area (Å²) in [5.74, 6) is 0.445. The maximum atomic E-state index is 13.4. The lowest BCUT2D eigenvalue weighted by Gasteiger charge is -2.31. The van der Waals surface area contributed by atoms with Gasteiger partial charge in [-0.05, 0) is 31.0 Å². The normalized spacial score (nSPS) is 16.7. The molecule has 2 amide bonds. The molecule has 1 aromatic carbocycles. The first-order valence-electron chi connectivity index (χ1n) is 11.5. The lowest BCUT2D eigenvalue weighted by atomic mass is 10.0. The molecule has 2 aromatic heterocycles. The van der Waals surface area contributed by atoms with E-state index in [4.69, 9.17) is 9.78 Å². The summed E-state index contributed by atoms with van der Waals surface area (Å²) in [7, 11) is 1.65. The molecule has 2 aliphatic rings. The van der Waals surface area contributed by atoms with Crippen LogP contribution >= 0.6 is 0 Å². The summed E-state index contributed by atoms with van der Waals surface area (Å²) in [5, 5.41) is 19.9. The van der Waals surface area contributed by atoms with E-state index in [1.54, 1.807) is 49.2 Å². The summed E-state index contributed by atoms with van der Waals surface area (Å²) >= 11 is -1.43. The average molecular weight is 508 g/mol. The standard InChI is InChI=1S/C24H25N7O4S/c1-15-11-19(28-35-15)29-36(34)24(8-9-24)14-31-10-7-18-20(27-30(2)21(18)23(31)33)22(32)26-13-17-5-3-16(12-25)4-6-17/h3-6,11H,7-10,13-14H2,1-2H3,(H,26,32)(H,28,29). The molecular weight excluding hydrogens is 482 g/mol. The number of fused-ring (bicyclic) bond motifs is 1. The van der Waals surface area contributed by atoms with E-state index in [9.17, 15) is 14.1 Å². The topological polar surface area (TPSA) is 152 Å². The number of nitrogens with zero attached hydrogens (tertiary/aromatic N) is 5. The van der Waals surface area contributed by atoms with Crippen LogP contribution < -0.4 is 10.0 Å². The van der Waals surface area contributed by atoms with E-state index >= 15 is 0 Å². The zero-order valence-electron chi connectivity index (χ0n) is 19.9. The first-order chi connectivity index (χ1) is 17.3. The molecule has 1 aliphatic heterocycles. The van der Waals surface area contributed by atoms with E-state index in [0.29, 0.717) is 47.9 Å². The van der Waals surface area contributed by atoms with Crippen molar-refractivity contribution in [2.75, 3.05) is 17.8 Å². The van der Waals surface area contributed by atoms with E-state index in [0.717, 1.165) is 18.4 Å². The highest BCUT2D eigenvalue weighted by Gasteiger charge is 2.57. The van der Waals surface area contributed by atoms with Crippen molar-refractivity contribution in [2.24, 2.45) is 7.05 Å². The highest BCUT2D eigenvalue weighted by Crippen LogP contribution is 2.45. The summed E-state index contributed by atoms with van der Waals surface area (Å²) in [4.78, 5) is 28.0. The van der Waals surface area contributed by atoms with Crippen LogP contribution in [0.1, 0.15) is 56.3 Å². The van der Waals surface area contributed by atoms with Gasteiger partial charge in [-0.1, -0.05) is 17.3 Å². The van der Waals surface area contributed by atoms with Crippen LogP contribution in [0.5, 0.6) is 0 Å². The zero-order valence-corrected chi connectivity index (χ0v) is 20.7. The van der Waals surface area contributed by atoms with Crippen LogP contribution in [0.25, 0.3) is 0 Å². The highest BCUT2D eigenvalue weighted by atomic mass is 32.2. The molecule has 36 heavy (non-hydrogen) atoms. The van der Waals surface area contributed by atoms with Crippen molar-refractivity contribution in [3.05, 3.63) is 64.2 Å². The molecule has 186 valence electrons. The summed E-state index contributed by atoms with van der Waals surface area (Å²) in [5.41, 5.74) is 2.64. The van der Waals surface area contributed by atoms with Crippen LogP contribution in [0.15, 0.2) is 34.9 Å². The molecule has 0 saturated heterocycles. The third-order valence-corrected chi connectivity index (χ3v) is 8.24. The van der Waals surface area contributed by atoms with Crippen LogP contribution in [0, 0.1) is 18.3 Å². The molecule has 11 nitrogen and oxygen atoms in total. The van der Waals surface area contributed by atoms with Crippen LogP contribution in [0.3, 0.4) is 0 Å². The number of carbonyl (C=O) groups is 2. The third kappa shape index (κ3) is 4.55. The largest absolute Gasteiger partial charge is 0.593 e. The monoisotopic (exact) mass is 507 g/mol. The van der Waals surface area contributed by atoms with Crippen molar-refractivity contribution < 1.29 is 18.7 Å². The minimum Gasteiger partial charge on any atom is -0.593 e. The number of carbonyl (C=O) groups excluding carboxylic acids is 2. The third-order valence-electron chi connectivity index (χ3n) is 6.52. The predicted molar refractivity (Wildman–Crippen MR) is 130 cm³/mol. The molecule has 3 aromatic rings. The number of anilines is 1. The number of benzene rings is 1. The van der Waals surface area contributed by atoms with E-state index in [2.05, 4.69) is 26.4 Å². The Hall–Kier alpha value is -3.82. The quantitative estimate of drug-likeness (QED) is 0.438. The fourth-order valence-electron chi connectivity index (χ4n) is 4.37. The van der Waals surface area contributed by atoms with E-state index in [1.165, 1.54) is 4.68 Å². The molecule has 1 unspecified atom stereocenters. The highest BCUT2D eigenvalue weighted by molar-refractivity contribution is 7.94. The van der Waals surface area contributed by atoms with Gasteiger partial charge in [-0.15, -0.1) is 0 Å². The van der Waals surface area contributed by atoms with Gasteiger partial charge in [-0.3, -0.25) is 14.3 Å².